The van der Waals surface area contributed by atoms with E-state index in [1.54, 1.807) is 0 Å². The number of hydrogen-bond acceptors (Lipinski definition) is 7. The largest absolute Gasteiger partial charge is 0.481 e. The van der Waals surface area contributed by atoms with Gasteiger partial charge in [0.15, 0.2) is 0 Å². The zero-order valence-corrected chi connectivity index (χ0v) is 18.3. The van der Waals surface area contributed by atoms with Crippen molar-refractivity contribution in [2.75, 3.05) is 13.1 Å². The molecule has 0 aliphatic rings. The molecule has 14 nitrogen and oxygen atoms in total. The first kappa shape index (κ1) is 29.6. The third kappa shape index (κ3) is 14.3. The molecule has 0 aliphatic heterocycles. The molecule has 188 valence electrons. The number of nitrogens with one attached hydrogen (secondary N) is 4. The summed E-state index contributed by atoms with van der Waals surface area (Å²) in [6.07, 6.45) is -0.257. The molecule has 0 saturated heterocycles. The zero-order chi connectivity index (χ0) is 25.4. The summed E-state index contributed by atoms with van der Waals surface area (Å²) < 4.78 is 0. The number of unbranched alkanes of at least 4 members (excludes halogenated alkanes) is 1. The van der Waals surface area contributed by atoms with Crippen LogP contribution in [-0.2, 0) is 24.0 Å². The first-order chi connectivity index (χ1) is 15.5. The molecule has 0 bridgehead atoms. The van der Waals surface area contributed by atoms with E-state index in [1.165, 1.54) is 0 Å². The first-order valence-corrected chi connectivity index (χ1v) is 10.4. The maximum atomic E-state index is 12.1. The van der Waals surface area contributed by atoms with E-state index in [9.17, 15) is 39.0 Å². The van der Waals surface area contributed by atoms with Gasteiger partial charge in [-0.05, 0) is 45.2 Å². The Morgan fingerprint density at radius 2 is 1.15 bits per heavy atom. The van der Waals surface area contributed by atoms with Gasteiger partial charge in [-0.25, -0.2) is 19.2 Å². The van der Waals surface area contributed by atoms with Crippen LogP contribution >= 0.6 is 0 Å². The fraction of sp³-hybridized carbons (Fsp3) is 0.684. The summed E-state index contributed by atoms with van der Waals surface area (Å²) in [5, 5.41) is 45.5. The molecule has 0 aliphatic carbocycles. The molecular weight excluding hydrogens is 444 g/mol. The summed E-state index contributed by atoms with van der Waals surface area (Å²) >= 11 is 0. The van der Waals surface area contributed by atoms with Gasteiger partial charge in [-0.3, -0.25) is 9.59 Å². The Hall–Kier alpha value is -3.42. The molecule has 0 spiro atoms. The Morgan fingerprint density at radius 1 is 0.667 bits per heavy atom. The van der Waals surface area contributed by atoms with Gasteiger partial charge in [-0.2, -0.15) is 0 Å². The minimum absolute atomic E-state index is 0.197. The van der Waals surface area contributed by atoms with Crippen molar-refractivity contribution in [3.63, 3.8) is 0 Å². The Morgan fingerprint density at radius 3 is 1.61 bits per heavy atom. The number of carbonyl (C=O) groups excluding carboxylic acids is 2. The van der Waals surface area contributed by atoms with Crippen LogP contribution in [0.4, 0.5) is 4.79 Å². The maximum Gasteiger partial charge on any atom is 0.326 e. The molecule has 0 saturated carbocycles. The second-order valence-electron chi connectivity index (χ2n) is 7.18. The monoisotopic (exact) mass is 476 g/mol. The Bertz CT molecular complexity index is 700. The summed E-state index contributed by atoms with van der Waals surface area (Å²) in [5.41, 5.74) is 0. The van der Waals surface area contributed by atoms with Gasteiger partial charge >= 0.3 is 29.9 Å². The van der Waals surface area contributed by atoms with Gasteiger partial charge in [0.05, 0.1) is 0 Å². The molecule has 8 N–H and O–H groups in total. The molecule has 0 radical (unpaired) electrons. The zero-order valence-electron chi connectivity index (χ0n) is 18.3. The van der Waals surface area contributed by atoms with Crippen LogP contribution in [0.2, 0.25) is 0 Å². The highest BCUT2D eigenvalue weighted by molar-refractivity contribution is 5.87. The van der Waals surface area contributed by atoms with Gasteiger partial charge < -0.3 is 41.7 Å². The number of rotatable bonds is 18. The Labute approximate surface area is 190 Å². The number of hydrogen-bond donors (Lipinski definition) is 8. The van der Waals surface area contributed by atoms with E-state index in [4.69, 9.17) is 10.2 Å². The standard InChI is InChI=1S/C19H32N4O10/c1-2-20-10-4-3-5-11(16(27)28)21-14(24)8-6-12(17(29)30)22-19(33)23-13(18(31)32)7-9-15(25)26/h11-13,20H,2-10H2,1H3,(H,21,24)(H,25,26)(H,27,28)(H,29,30)(H,31,32)(H2,22,23,33). The summed E-state index contributed by atoms with van der Waals surface area (Å²) in [7, 11) is 0. The molecule has 3 unspecified atom stereocenters. The van der Waals surface area contributed by atoms with Crippen molar-refractivity contribution in [3.8, 4) is 0 Å². The van der Waals surface area contributed by atoms with Crippen molar-refractivity contribution in [2.24, 2.45) is 0 Å². The fourth-order valence-corrected chi connectivity index (χ4v) is 2.72. The maximum absolute atomic E-state index is 12.1. The van der Waals surface area contributed by atoms with Crippen LogP contribution in [0.5, 0.6) is 0 Å². The molecule has 3 atom stereocenters. The molecule has 3 amide bonds. The Balaban J connectivity index is 4.69. The van der Waals surface area contributed by atoms with Crippen LogP contribution in [0.15, 0.2) is 0 Å². The molecule has 33 heavy (non-hydrogen) atoms. The van der Waals surface area contributed by atoms with Gasteiger partial charge in [-0.1, -0.05) is 6.92 Å². The second kappa shape index (κ2) is 16.2. The molecule has 14 heteroatoms. The third-order valence-electron chi connectivity index (χ3n) is 4.49. The minimum atomic E-state index is -1.56. The minimum Gasteiger partial charge on any atom is -0.481 e. The lowest BCUT2D eigenvalue weighted by Gasteiger charge is -2.19. The normalized spacial score (nSPS) is 13.2. The number of carbonyl (C=O) groups is 6. The van der Waals surface area contributed by atoms with Crippen molar-refractivity contribution in [1.82, 2.24) is 21.3 Å². The van der Waals surface area contributed by atoms with Gasteiger partial charge in [0, 0.05) is 12.8 Å². The number of carboxylic acids is 4. The number of amides is 3. The molecule has 0 fully saturated rings. The highest BCUT2D eigenvalue weighted by atomic mass is 16.4. The van der Waals surface area contributed by atoms with Gasteiger partial charge in [0.25, 0.3) is 0 Å². The lowest BCUT2D eigenvalue weighted by Crippen LogP contribution is -2.51. The predicted octanol–water partition coefficient (Wildman–Crippen LogP) is -0.814. The van der Waals surface area contributed by atoms with Crippen molar-refractivity contribution < 1.29 is 49.2 Å². The lowest BCUT2D eigenvalue weighted by molar-refractivity contribution is -0.142. The molecule has 0 rings (SSSR count). The third-order valence-corrected chi connectivity index (χ3v) is 4.49. The summed E-state index contributed by atoms with van der Waals surface area (Å²) in [6, 6.07) is -5.41. The van der Waals surface area contributed by atoms with Crippen molar-refractivity contribution in [1.29, 1.82) is 0 Å². The predicted molar refractivity (Wildman–Crippen MR) is 113 cm³/mol. The lowest BCUT2D eigenvalue weighted by atomic mass is 10.1. The van der Waals surface area contributed by atoms with E-state index in [1.807, 2.05) is 17.6 Å². The molecule has 0 aromatic rings. The highest BCUT2D eigenvalue weighted by Crippen LogP contribution is 2.04. The van der Waals surface area contributed by atoms with Crippen LogP contribution in [0.1, 0.15) is 51.9 Å². The first-order valence-electron chi connectivity index (χ1n) is 10.4. The van der Waals surface area contributed by atoms with Gasteiger partial charge in [0.1, 0.15) is 18.1 Å². The van der Waals surface area contributed by atoms with Crippen LogP contribution in [0.3, 0.4) is 0 Å². The van der Waals surface area contributed by atoms with E-state index in [0.717, 1.165) is 13.0 Å². The van der Waals surface area contributed by atoms with Gasteiger partial charge in [0.2, 0.25) is 5.91 Å². The molecule has 0 aromatic heterocycles. The number of carboxylic acid groups (broad SMARTS) is 4. The van der Waals surface area contributed by atoms with Crippen molar-refractivity contribution in [3.05, 3.63) is 0 Å². The number of urea groups is 1. The van der Waals surface area contributed by atoms with E-state index in [0.29, 0.717) is 13.0 Å². The Kier molecular flexibility index (Phi) is 14.6. The second-order valence-corrected chi connectivity index (χ2v) is 7.18. The average Bonchev–Trinajstić information content (AvgIpc) is 2.72. The van der Waals surface area contributed by atoms with E-state index in [2.05, 4.69) is 10.6 Å². The summed E-state index contributed by atoms with van der Waals surface area (Å²) in [4.78, 5) is 68.4. The molecular formula is C19H32N4O10. The van der Waals surface area contributed by atoms with Gasteiger partial charge in [-0.15, -0.1) is 0 Å². The smallest absolute Gasteiger partial charge is 0.326 e. The van der Waals surface area contributed by atoms with E-state index >= 15 is 0 Å². The summed E-state index contributed by atoms with van der Waals surface area (Å²) in [5.74, 6) is -6.20. The van der Waals surface area contributed by atoms with E-state index in [-0.39, 0.29) is 12.8 Å². The fourth-order valence-electron chi connectivity index (χ4n) is 2.72. The SMILES string of the molecule is CCNCCCCC(NC(=O)CCC(NC(=O)NC(CCC(=O)O)C(=O)O)C(=O)O)C(=O)O. The van der Waals surface area contributed by atoms with E-state index < -0.39 is 73.2 Å². The quantitative estimate of drug-likeness (QED) is 0.114. The van der Waals surface area contributed by atoms with Crippen LogP contribution in [0.25, 0.3) is 0 Å². The molecule has 0 aromatic carbocycles. The number of aliphatic carboxylic acids is 4. The van der Waals surface area contributed by atoms with Crippen molar-refractivity contribution in [2.45, 2.75) is 70.0 Å². The summed E-state index contributed by atoms with van der Waals surface area (Å²) in [6.45, 7) is 3.44. The van der Waals surface area contributed by atoms with Crippen LogP contribution in [-0.4, -0.2) is 87.5 Å². The average molecular weight is 476 g/mol. The van der Waals surface area contributed by atoms with Crippen LogP contribution < -0.4 is 21.3 Å². The topological polar surface area (TPSA) is 231 Å². The molecule has 0 heterocycles. The van der Waals surface area contributed by atoms with Crippen molar-refractivity contribution >= 4 is 35.8 Å². The van der Waals surface area contributed by atoms with Crippen LogP contribution in [0, 0.1) is 0 Å². The highest BCUT2D eigenvalue weighted by Gasteiger charge is 2.26.